The summed E-state index contributed by atoms with van der Waals surface area (Å²) >= 11 is 0. The summed E-state index contributed by atoms with van der Waals surface area (Å²) in [4.78, 5) is 27.8. The van der Waals surface area contributed by atoms with Gasteiger partial charge < -0.3 is 24.4 Å². The fourth-order valence-electron chi connectivity index (χ4n) is 4.35. The average molecular weight is 441 g/mol. The van der Waals surface area contributed by atoms with Gasteiger partial charge in [0.05, 0.1) is 26.2 Å². The van der Waals surface area contributed by atoms with Crippen molar-refractivity contribution >= 4 is 17.5 Å². The van der Waals surface area contributed by atoms with E-state index in [0.29, 0.717) is 35.9 Å². The van der Waals surface area contributed by atoms with Crippen LogP contribution in [0.4, 0.5) is 5.69 Å². The second-order valence-corrected chi connectivity index (χ2v) is 8.11. The highest BCUT2D eigenvalue weighted by atomic mass is 16.5. The second kappa shape index (κ2) is 10.5. The van der Waals surface area contributed by atoms with Gasteiger partial charge in [0.1, 0.15) is 0 Å². The third-order valence-electron chi connectivity index (χ3n) is 6.19. The fraction of sp³-hybridized carbons (Fsp3) is 0.440. The Labute approximate surface area is 189 Å². The largest absolute Gasteiger partial charge is 0.493 e. The van der Waals surface area contributed by atoms with E-state index in [0.717, 1.165) is 31.2 Å². The maximum Gasteiger partial charge on any atom is 0.255 e. The zero-order chi connectivity index (χ0) is 23.1. The minimum absolute atomic E-state index is 0.133. The SMILES string of the molecule is COCCN(C)C(=O)C1(c2ccc(NC(=O)c3ccc(OC)c(OC)c3)cc2)CCCC1. The molecule has 1 aliphatic rings. The first-order valence-electron chi connectivity index (χ1n) is 10.8. The van der Waals surface area contributed by atoms with Gasteiger partial charge in [-0.15, -0.1) is 0 Å². The molecule has 1 aliphatic carbocycles. The summed E-state index contributed by atoms with van der Waals surface area (Å²) in [7, 11) is 6.55. The first-order chi connectivity index (χ1) is 15.4. The second-order valence-electron chi connectivity index (χ2n) is 8.11. The predicted octanol–water partition coefficient (Wildman–Crippen LogP) is 3.87. The van der Waals surface area contributed by atoms with Gasteiger partial charge in [-0.05, 0) is 48.7 Å². The number of ether oxygens (including phenoxy) is 3. The van der Waals surface area contributed by atoms with E-state index in [2.05, 4.69) is 5.32 Å². The molecule has 32 heavy (non-hydrogen) atoms. The lowest BCUT2D eigenvalue weighted by atomic mass is 9.77. The van der Waals surface area contributed by atoms with Gasteiger partial charge in [0.25, 0.3) is 5.91 Å². The van der Waals surface area contributed by atoms with Gasteiger partial charge in [-0.3, -0.25) is 9.59 Å². The third kappa shape index (κ3) is 4.88. The molecule has 2 aromatic rings. The number of carbonyl (C=O) groups excluding carboxylic acids is 2. The molecule has 1 saturated carbocycles. The van der Waals surface area contributed by atoms with Crippen LogP contribution in [0.1, 0.15) is 41.6 Å². The van der Waals surface area contributed by atoms with Crippen molar-refractivity contribution in [1.29, 1.82) is 0 Å². The van der Waals surface area contributed by atoms with Crippen LogP contribution in [0, 0.1) is 0 Å². The summed E-state index contributed by atoms with van der Waals surface area (Å²) in [5.41, 5.74) is 1.62. The lowest BCUT2D eigenvalue weighted by Crippen LogP contribution is -2.44. The van der Waals surface area contributed by atoms with Crippen molar-refractivity contribution in [2.75, 3.05) is 46.8 Å². The van der Waals surface area contributed by atoms with Crippen LogP contribution >= 0.6 is 0 Å². The monoisotopic (exact) mass is 440 g/mol. The van der Waals surface area contributed by atoms with E-state index in [-0.39, 0.29) is 11.8 Å². The smallest absolute Gasteiger partial charge is 0.255 e. The molecule has 172 valence electrons. The van der Waals surface area contributed by atoms with Crippen LogP contribution in [0.2, 0.25) is 0 Å². The van der Waals surface area contributed by atoms with E-state index >= 15 is 0 Å². The molecule has 0 saturated heterocycles. The van der Waals surface area contributed by atoms with E-state index in [1.54, 1.807) is 37.3 Å². The molecule has 0 heterocycles. The molecule has 2 aromatic carbocycles. The van der Waals surface area contributed by atoms with Crippen LogP contribution in [0.15, 0.2) is 42.5 Å². The molecular weight excluding hydrogens is 408 g/mol. The maximum absolute atomic E-state index is 13.3. The Balaban J connectivity index is 1.76. The predicted molar refractivity (Wildman–Crippen MR) is 124 cm³/mol. The van der Waals surface area contributed by atoms with Gasteiger partial charge in [0.15, 0.2) is 11.5 Å². The van der Waals surface area contributed by atoms with Gasteiger partial charge in [0, 0.05) is 32.0 Å². The van der Waals surface area contributed by atoms with Gasteiger partial charge in [0.2, 0.25) is 5.91 Å². The minimum atomic E-state index is -0.506. The standard InChI is InChI=1S/C25H32N2O5/c1-27(15-16-30-2)24(29)25(13-5-6-14-25)19-8-10-20(11-9-19)26-23(28)18-7-12-21(31-3)22(17-18)32-4/h7-12,17H,5-6,13-16H2,1-4H3,(H,26,28). The lowest BCUT2D eigenvalue weighted by molar-refractivity contribution is -0.136. The van der Waals surface area contributed by atoms with E-state index in [9.17, 15) is 9.59 Å². The average Bonchev–Trinajstić information content (AvgIpc) is 3.33. The van der Waals surface area contributed by atoms with Crippen LogP contribution in [-0.4, -0.2) is 58.2 Å². The van der Waals surface area contributed by atoms with Crippen molar-refractivity contribution in [1.82, 2.24) is 4.90 Å². The number of anilines is 1. The third-order valence-corrected chi connectivity index (χ3v) is 6.19. The molecule has 0 unspecified atom stereocenters. The zero-order valence-electron chi connectivity index (χ0n) is 19.3. The van der Waals surface area contributed by atoms with E-state index in [1.165, 1.54) is 7.11 Å². The summed E-state index contributed by atoms with van der Waals surface area (Å²) in [6.45, 7) is 1.08. The number of rotatable bonds is 9. The molecule has 1 N–H and O–H groups in total. The first-order valence-corrected chi connectivity index (χ1v) is 10.8. The Morgan fingerprint density at radius 3 is 2.22 bits per heavy atom. The number of amides is 2. The van der Waals surface area contributed by atoms with Gasteiger partial charge >= 0.3 is 0 Å². The quantitative estimate of drug-likeness (QED) is 0.641. The number of likely N-dealkylation sites (N-methyl/N-ethyl adjacent to an activating group) is 1. The minimum Gasteiger partial charge on any atom is -0.493 e. The molecule has 7 nitrogen and oxygen atoms in total. The number of carbonyl (C=O) groups is 2. The summed E-state index contributed by atoms with van der Waals surface area (Å²) in [6.07, 6.45) is 3.73. The number of methoxy groups -OCH3 is 3. The molecule has 3 rings (SSSR count). The van der Waals surface area contributed by atoms with E-state index in [1.807, 2.05) is 31.3 Å². The summed E-state index contributed by atoms with van der Waals surface area (Å²) < 4.78 is 15.6. The van der Waals surface area contributed by atoms with Gasteiger partial charge in [-0.1, -0.05) is 25.0 Å². The normalized spacial score (nSPS) is 14.6. The molecular formula is C25H32N2O5. The summed E-state index contributed by atoms with van der Waals surface area (Å²) in [6, 6.07) is 12.7. The summed E-state index contributed by atoms with van der Waals surface area (Å²) in [5.74, 6) is 0.948. The van der Waals surface area contributed by atoms with Crippen LogP contribution < -0.4 is 14.8 Å². The first kappa shape index (κ1) is 23.6. The van der Waals surface area contributed by atoms with Crippen LogP contribution in [-0.2, 0) is 14.9 Å². The van der Waals surface area contributed by atoms with Crippen molar-refractivity contribution in [3.05, 3.63) is 53.6 Å². The Morgan fingerprint density at radius 2 is 1.62 bits per heavy atom. The van der Waals surface area contributed by atoms with Crippen LogP contribution in [0.5, 0.6) is 11.5 Å². The van der Waals surface area contributed by atoms with Gasteiger partial charge in [-0.2, -0.15) is 0 Å². The fourth-order valence-corrected chi connectivity index (χ4v) is 4.35. The highest BCUT2D eigenvalue weighted by Gasteiger charge is 2.44. The Hall–Kier alpha value is -3.06. The Kier molecular flexibility index (Phi) is 7.75. The van der Waals surface area contributed by atoms with Crippen LogP contribution in [0.3, 0.4) is 0 Å². The van der Waals surface area contributed by atoms with Crippen molar-refractivity contribution < 1.29 is 23.8 Å². The van der Waals surface area contributed by atoms with E-state index in [4.69, 9.17) is 14.2 Å². The molecule has 0 spiro atoms. The van der Waals surface area contributed by atoms with Crippen molar-refractivity contribution in [2.24, 2.45) is 0 Å². The van der Waals surface area contributed by atoms with Crippen molar-refractivity contribution in [2.45, 2.75) is 31.1 Å². The molecule has 1 fully saturated rings. The van der Waals surface area contributed by atoms with E-state index < -0.39 is 5.41 Å². The highest BCUT2D eigenvalue weighted by Crippen LogP contribution is 2.42. The maximum atomic E-state index is 13.3. The molecule has 0 aliphatic heterocycles. The molecule has 0 atom stereocenters. The number of benzene rings is 2. The number of hydrogen-bond donors (Lipinski definition) is 1. The zero-order valence-corrected chi connectivity index (χ0v) is 19.3. The number of nitrogens with zero attached hydrogens (tertiary/aromatic N) is 1. The van der Waals surface area contributed by atoms with Crippen molar-refractivity contribution in [3.63, 3.8) is 0 Å². The van der Waals surface area contributed by atoms with Gasteiger partial charge in [-0.25, -0.2) is 0 Å². The molecule has 0 aromatic heterocycles. The number of nitrogens with one attached hydrogen (secondary N) is 1. The van der Waals surface area contributed by atoms with Crippen molar-refractivity contribution in [3.8, 4) is 11.5 Å². The molecule has 0 radical (unpaired) electrons. The number of hydrogen-bond acceptors (Lipinski definition) is 5. The highest BCUT2D eigenvalue weighted by molar-refractivity contribution is 6.04. The molecule has 2 amide bonds. The lowest BCUT2D eigenvalue weighted by Gasteiger charge is -2.33. The van der Waals surface area contributed by atoms with Crippen LogP contribution in [0.25, 0.3) is 0 Å². The molecule has 7 heteroatoms. The topological polar surface area (TPSA) is 77.1 Å². The Morgan fingerprint density at radius 1 is 0.969 bits per heavy atom. The molecule has 0 bridgehead atoms. The Bertz CT molecular complexity index is 936. The summed E-state index contributed by atoms with van der Waals surface area (Å²) in [5, 5.41) is 2.91.